The molecule has 3 aromatic rings. The molecule has 2 N–H and O–H groups in total. The van der Waals surface area contributed by atoms with Gasteiger partial charge in [-0.15, -0.1) is 0 Å². The summed E-state index contributed by atoms with van der Waals surface area (Å²) in [6, 6.07) is 19.0. The second-order valence-electron chi connectivity index (χ2n) is 8.16. The molecule has 1 heterocycles. The molecule has 0 amide bonds. The number of nitriles is 2. The lowest BCUT2D eigenvalue weighted by Gasteiger charge is -2.21. The molecule has 0 aromatic heterocycles. The van der Waals surface area contributed by atoms with Crippen molar-refractivity contribution >= 4 is 34.8 Å². The van der Waals surface area contributed by atoms with Gasteiger partial charge < -0.3 is 10.5 Å². The molecule has 1 aliphatic rings. The number of para-hydroxylation sites is 1. The van der Waals surface area contributed by atoms with Gasteiger partial charge >= 0.3 is 11.9 Å². The van der Waals surface area contributed by atoms with E-state index in [0.717, 1.165) is 6.07 Å². The number of hydrogen-bond donors (Lipinski definition) is 1. The molecule has 13 heteroatoms. The molecule has 2 atom stereocenters. The quantitative estimate of drug-likeness (QED) is 0.216. The summed E-state index contributed by atoms with van der Waals surface area (Å²) in [5.74, 6) is -1.42. The van der Waals surface area contributed by atoms with Gasteiger partial charge in [0.25, 0.3) is 0 Å². The molecule has 196 valence electrons. The van der Waals surface area contributed by atoms with E-state index in [1.54, 1.807) is 24.3 Å². The van der Waals surface area contributed by atoms with E-state index in [-0.39, 0.29) is 22.1 Å². The number of benzene rings is 3. The third-order valence-corrected chi connectivity index (χ3v) is 5.96. The van der Waals surface area contributed by atoms with Crippen LogP contribution < -0.4 is 15.5 Å². The van der Waals surface area contributed by atoms with Crippen LogP contribution in [0.2, 0.25) is 5.02 Å². The first-order valence-corrected chi connectivity index (χ1v) is 11.4. The van der Waals surface area contributed by atoms with E-state index in [4.69, 9.17) is 22.1 Å². The highest BCUT2D eigenvalue weighted by molar-refractivity contribution is 6.32. The molecule has 0 saturated carbocycles. The number of nitrogens with zero attached hydrogens (tertiary/aromatic N) is 5. The van der Waals surface area contributed by atoms with Crippen LogP contribution in [-0.4, -0.2) is 16.8 Å². The Morgan fingerprint density at radius 2 is 1.82 bits per heavy atom. The summed E-state index contributed by atoms with van der Waals surface area (Å²) in [6.45, 7) is 0. The van der Waals surface area contributed by atoms with Gasteiger partial charge in [-0.25, -0.2) is 5.01 Å². The number of nitrogens with two attached hydrogens (primary N) is 1. The Morgan fingerprint density at radius 3 is 2.41 bits per heavy atom. The second kappa shape index (κ2) is 10.8. The molecule has 1 aliphatic heterocycles. The van der Waals surface area contributed by atoms with Gasteiger partial charge in [0.05, 0.1) is 38.6 Å². The highest BCUT2D eigenvalue weighted by atomic mass is 35.5. The lowest BCUT2D eigenvalue weighted by molar-refractivity contribution is -0.385. The van der Waals surface area contributed by atoms with E-state index in [1.165, 1.54) is 29.3 Å². The molecule has 0 fully saturated rings. The van der Waals surface area contributed by atoms with Crippen LogP contribution in [0.3, 0.4) is 0 Å². The first kappa shape index (κ1) is 27.1. The van der Waals surface area contributed by atoms with Crippen LogP contribution in [0, 0.1) is 38.7 Å². The van der Waals surface area contributed by atoms with Crippen molar-refractivity contribution < 1.29 is 22.8 Å². The van der Waals surface area contributed by atoms with Crippen LogP contribution in [-0.2, 0) is 6.18 Å². The first-order chi connectivity index (χ1) is 18.5. The molecule has 0 radical (unpaired) electrons. The summed E-state index contributed by atoms with van der Waals surface area (Å²) >= 11 is 6.29. The van der Waals surface area contributed by atoms with Crippen LogP contribution in [0.15, 0.2) is 77.4 Å². The Labute approximate surface area is 224 Å². The van der Waals surface area contributed by atoms with Crippen molar-refractivity contribution in [1.29, 1.82) is 10.5 Å². The molecule has 0 spiro atoms. The summed E-state index contributed by atoms with van der Waals surface area (Å²) in [6.07, 6.45) is -4.17. The molecule has 0 unspecified atom stereocenters. The Bertz CT molecular complexity index is 1580. The molecule has 3 aromatic carbocycles. The SMILES string of the molecule is N#C/C(=C/c1ccc(Oc2ccc(C(F)(F)F)cc2[N+](=O)[O-])c(Cl)c1)C1=NN(c2ccccc2)[C@@H](N)[C@@H]1C#N. The van der Waals surface area contributed by atoms with Crippen molar-refractivity contribution in [2.45, 2.75) is 12.3 Å². The highest BCUT2D eigenvalue weighted by Gasteiger charge is 2.38. The summed E-state index contributed by atoms with van der Waals surface area (Å²) < 4.78 is 44.4. The Morgan fingerprint density at radius 1 is 1.13 bits per heavy atom. The number of rotatable bonds is 6. The number of hydrogen-bond acceptors (Lipinski definition) is 8. The molecule has 0 aliphatic carbocycles. The van der Waals surface area contributed by atoms with Gasteiger partial charge in [0, 0.05) is 6.07 Å². The fourth-order valence-corrected chi connectivity index (χ4v) is 4.01. The van der Waals surface area contributed by atoms with E-state index in [0.29, 0.717) is 23.4 Å². The Balaban J connectivity index is 1.64. The standard InChI is InChI=1S/C26H16ClF3N6O3/c27-20-11-15(6-8-22(20)39-23-9-7-17(26(28,29)30)12-21(23)36(37)38)10-16(13-31)24-19(14-32)25(33)35(34-24)18-4-2-1-3-5-18/h1-12,19,25H,33H2/b16-10-/t19-,25-/m1/s1. The van der Waals surface area contributed by atoms with E-state index < -0.39 is 40.2 Å². The predicted octanol–water partition coefficient (Wildman–Crippen LogP) is 6.27. The number of halogens is 4. The number of nitro benzene ring substituents is 1. The molecule has 0 bridgehead atoms. The lowest BCUT2D eigenvalue weighted by Crippen LogP contribution is -2.40. The fourth-order valence-electron chi connectivity index (χ4n) is 3.78. The lowest BCUT2D eigenvalue weighted by atomic mass is 9.95. The number of anilines is 1. The highest BCUT2D eigenvalue weighted by Crippen LogP contribution is 2.39. The minimum Gasteiger partial charge on any atom is -0.449 e. The van der Waals surface area contributed by atoms with Crippen molar-refractivity contribution in [1.82, 2.24) is 0 Å². The largest absolute Gasteiger partial charge is 0.449 e. The van der Waals surface area contributed by atoms with Gasteiger partial charge in [-0.3, -0.25) is 10.1 Å². The number of allylic oxidation sites excluding steroid dienone is 1. The van der Waals surface area contributed by atoms with E-state index in [1.807, 2.05) is 12.1 Å². The number of alkyl halides is 3. The van der Waals surface area contributed by atoms with Crippen LogP contribution in [0.5, 0.6) is 11.5 Å². The zero-order valence-corrected chi connectivity index (χ0v) is 20.4. The summed E-state index contributed by atoms with van der Waals surface area (Å²) in [7, 11) is 0. The van der Waals surface area contributed by atoms with Crippen LogP contribution >= 0.6 is 11.6 Å². The molecular formula is C26H16ClF3N6O3. The Hall–Kier alpha value is -4.91. The van der Waals surface area contributed by atoms with Crippen LogP contribution in [0.25, 0.3) is 6.08 Å². The summed E-state index contributed by atoms with van der Waals surface area (Å²) in [5.41, 5.74) is 5.39. The van der Waals surface area contributed by atoms with Gasteiger partial charge in [-0.2, -0.15) is 28.8 Å². The van der Waals surface area contributed by atoms with Crippen LogP contribution in [0.1, 0.15) is 11.1 Å². The minimum atomic E-state index is -4.77. The third-order valence-electron chi connectivity index (χ3n) is 5.66. The van der Waals surface area contributed by atoms with Gasteiger partial charge in [-0.05, 0) is 48.0 Å². The number of nitro groups is 1. The molecule has 4 rings (SSSR count). The van der Waals surface area contributed by atoms with Crippen molar-refractivity contribution in [3.8, 4) is 23.6 Å². The second-order valence-corrected chi connectivity index (χ2v) is 8.57. The number of ether oxygens (including phenoxy) is 1. The molecule has 9 nitrogen and oxygen atoms in total. The summed E-state index contributed by atoms with van der Waals surface area (Å²) in [4.78, 5) is 10.3. The van der Waals surface area contributed by atoms with Crippen molar-refractivity contribution in [2.75, 3.05) is 5.01 Å². The summed E-state index contributed by atoms with van der Waals surface area (Å²) in [5, 5.41) is 36.7. The minimum absolute atomic E-state index is 0.0388. The van der Waals surface area contributed by atoms with Crippen molar-refractivity contribution in [3.63, 3.8) is 0 Å². The molecular weight excluding hydrogens is 537 g/mol. The molecule has 39 heavy (non-hydrogen) atoms. The van der Waals surface area contributed by atoms with Gasteiger partial charge in [0.2, 0.25) is 5.75 Å². The van der Waals surface area contributed by atoms with E-state index in [9.17, 15) is 33.8 Å². The van der Waals surface area contributed by atoms with Gasteiger partial charge in [0.15, 0.2) is 0 Å². The van der Waals surface area contributed by atoms with Crippen molar-refractivity contribution in [2.24, 2.45) is 16.8 Å². The zero-order valence-electron chi connectivity index (χ0n) is 19.6. The van der Waals surface area contributed by atoms with Crippen molar-refractivity contribution in [3.05, 3.63) is 98.6 Å². The topological polar surface area (TPSA) is 142 Å². The Kier molecular flexibility index (Phi) is 7.54. The van der Waals surface area contributed by atoms with Gasteiger partial charge in [0.1, 0.15) is 23.9 Å². The average molecular weight is 553 g/mol. The van der Waals surface area contributed by atoms with Crippen LogP contribution in [0.4, 0.5) is 24.5 Å². The average Bonchev–Trinajstić information content (AvgIpc) is 3.24. The zero-order chi connectivity index (χ0) is 28.3. The fraction of sp³-hybridized carbons (Fsp3) is 0.115. The maximum atomic E-state index is 13.0. The van der Waals surface area contributed by atoms with E-state index >= 15 is 0 Å². The smallest absolute Gasteiger partial charge is 0.416 e. The first-order valence-electron chi connectivity index (χ1n) is 11.1. The maximum absolute atomic E-state index is 13.0. The predicted molar refractivity (Wildman–Crippen MR) is 137 cm³/mol. The monoisotopic (exact) mass is 552 g/mol. The number of hydrazone groups is 1. The van der Waals surface area contributed by atoms with Gasteiger partial charge in [-0.1, -0.05) is 35.9 Å². The maximum Gasteiger partial charge on any atom is 0.416 e. The third kappa shape index (κ3) is 5.67. The van der Waals surface area contributed by atoms with E-state index in [2.05, 4.69) is 11.2 Å². The molecule has 0 saturated heterocycles. The normalized spacial score (nSPS) is 17.3.